The fraction of sp³-hybridized carbons (Fsp3) is 0.455. The highest BCUT2D eigenvalue weighted by Crippen LogP contribution is 2.18. The monoisotopic (exact) mass is 192 g/mol. The highest BCUT2D eigenvalue weighted by Gasteiger charge is 2.17. The second kappa shape index (κ2) is 3.78. The molecular formula is C11H16N2O. The first-order valence-corrected chi connectivity index (χ1v) is 4.60. The lowest BCUT2D eigenvalue weighted by Gasteiger charge is -2.32. The van der Waals surface area contributed by atoms with Crippen molar-refractivity contribution < 1.29 is 4.79 Å². The summed E-state index contributed by atoms with van der Waals surface area (Å²) in [5, 5.41) is 0. The van der Waals surface area contributed by atoms with Crippen LogP contribution in [0.1, 0.15) is 31.1 Å². The van der Waals surface area contributed by atoms with Crippen LogP contribution in [0.25, 0.3) is 0 Å². The number of carbonyl (C=O) groups excluding carboxylic acids is 1. The van der Waals surface area contributed by atoms with Gasteiger partial charge in [-0.1, -0.05) is 0 Å². The molecule has 1 aromatic rings. The number of aromatic nitrogens is 1. The Morgan fingerprint density at radius 3 is 2.36 bits per heavy atom. The summed E-state index contributed by atoms with van der Waals surface area (Å²) in [5.41, 5.74) is 0.645. The van der Waals surface area contributed by atoms with E-state index in [0.717, 1.165) is 12.1 Å². The summed E-state index contributed by atoms with van der Waals surface area (Å²) in [4.78, 5) is 16.7. The Bertz CT molecular complexity index is 311. The van der Waals surface area contributed by atoms with Crippen LogP contribution in [0.5, 0.6) is 0 Å². The Kier molecular flexibility index (Phi) is 2.89. The molecule has 0 aliphatic heterocycles. The first kappa shape index (κ1) is 10.7. The molecule has 0 N–H and O–H groups in total. The van der Waals surface area contributed by atoms with Gasteiger partial charge in [-0.25, -0.2) is 4.98 Å². The van der Waals surface area contributed by atoms with Crippen molar-refractivity contribution in [1.82, 2.24) is 4.98 Å². The van der Waals surface area contributed by atoms with Gasteiger partial charge in [0.2, 0.25) is 0 Å². The van der Waals surface area contributed by atoms with E-state index in [2.05, 4.69) is 30.7 Å². The Hall–Kier alpha value is -1.38. The molecular weight excluding hydrogens is 176 g/mol. The number of pyridine rings is 1. The number of rotatable bonds is 2. The molecule has 0 aromatic carbocycles. The molecule has 1 aromatic heterocycles. The molecule has 0 aliphatic carbocycles. The molecule has 0 saturated carbocycles. The average Bonchev–Trinajstić information content (AvgIpc) is 2.15. The van der Waals surface area contributed by atoms with Crippen LogP contribution < -0.4 is 4.90 Å². The van der Waals surface area contributed by atoms with E-state index in [1.54, 1.807) is 12.3 Å². The first-order chi connectivity index (χ1) is 6.45. The number of carbonyl (C=O) groups is 1. The van der Waals surface area contributed by atoms with Crippen molar-refractivity contribution in [2.75, 3.05) is 11.9 Å². The van der Waals surface area contributed by atoms with Crippen LogP contribution in [-0.4, -0.2) is 23.9 Å². The molecule has 0 saturated heterocycles. The molecule has 0 radical (unpaired) electrons. The fourth-order valence-corrected chi connectivity index (χ4v) is 1.01. The van der Waals surface area contributed by atoms with Crippen LogP contribution in [0.15, 0.2) is 18.3 Å². The number of hydrogen-bond acceptors (Lipinski definition) is 3. The van der Waals surface area contributed by atoms with E-state index in [1.165, 1.54) is 0 Å². The Balaban J connectivity index is 2.92. The summed E-state index contributed by atoms with van der Waals surface area (Å²) in [7, 11) is 1.99. The van der Waals surface area contributed by atoms with E-state index < -0.39 is 0 Å². The Morgan fingerprint density at radius 2 is 2.00 bits per heavy atom. The quantitative estimate of drug-likeness (QED) is 0.673. The highest BCUT2D eigenvalue weighted by molar-refractivity contribution is 5.74. The van der Waals surface area contributed by atoms with Crippen molar-refractivity contribution in [2.45, 2.75) is 26.3 Å². The van der Waals surface area contributed by atoms with Gasteiger partial charge in [-0.2, -0.15) is 0 Å². The van der Waals surface area contributed by atoms with Crippen molar-refractivity contribution in [3.05, 3.63) is 23.9 Å². The molecule has 0 amide bonds. The van der Waals surface area contributed by atoms with Gasteiger partial charge in [-0.15, -0.1) is 0 Å². The topological polar surface area (TPSA) is 33.2 Å². The number of anilines is 1. The lowest BCUT2D eigenvalue weighted by molar-refractivity contribution is 0.112. The Labute approximate surface area is 84.8 Å². The summed E-state index contributed by atoms with van der Waals surface area (Å²) < 4.78 is 0. The minimum atomic E-state index is 0.0374. The highest BCUT2D eigenvalue weighted by atomic mass is 16.1. The fourth-order valence-electron chi connectivity index (χ4n) is 1.01. The van der Waals surface area contributed by atoms with Crippen molar-refractivity contribution in [2.24, 2.45) is 0 Å². The van der Waals surface area contributed by atoms with Crippen molar-refractivity contribution in [3.63, 3.8) is 0 Å². The average molecular weight is 192 g/mol. The van der Waals surface area contributed by atoms with Crippen LogP contribution >= 0.6 is 0 Å². The maximum atomic E-state index is 10.4. The van der Waals surface area contributed by atoms with Crippen LogP contribution in [-0.2, 0) is 0 Å². The number of aldehydes is 1. The standard InChI is InChI=1S/C11H16N2O/c1-11(2,3)13(4)10-6-5-9(8-14)7-12-10/h5-8H,1-4H3. The zero-order valence-corrected chi connectivity index (χ0v) is 9.11. The van der Waals surface area contributed by atoms with Gasteiger partial charge < -0.3 is 4.90 Å². The van der Waals surface area contributed by atoms with Crippen molar-refractivity contribution >= 4 is 12.1 Å². The van der Waals surface area contributed by atoms with Crippen molar-refractivity contribution in [3.8, 4) is 0 Å². The van der Waals surface area contributed by atoms with E-state index in [0.29, 0.717) is 5.56 Å². The van der Waals surface area contributed by atoms with Gasteiger partial charge >= 0.3 is 0 Å². The summed E-state index contributed by atoms with van der Waals surface area (Å²) in [5.74, 6) is 0.878. The predicted octanol–water partition coefficient (Wildman–Crippen LogP) is 2.13. The number of nitrogens with zero attached hydrogens (tertiary/aromatic N) is 2. The molecule has 3 nitrogen and oxygen atoms in total. The lowest BCUT2D eigenvalue weighted by atomic mass is 10.1. The molecule has 0 bridgehead atoms. The maximum absolute atomic E-state index is 10.4. The van der Waals surface area contributed by atoms with Gasteiger partial charge in [0.1, 0.15) is 5.82 Å². The van der Waals surface area contributed by atoms with Crippen LogP contribution in [0, 0.1) is 0 Å². The molecule has 1 heterocycles. The van der Waals surface area contributed by atoms with Gasteiger partial charge in [-0.3, -0.25) is 4.79 Å². The van der Waals surface area contributed by atoms with Gasteiger partial charge in [0.05, 0.1) is 0 Å². The summed E-state index contributed by atoms with van der Waals surface area (Å²) in [6, 6.07) is 3.63. The zero-order chi connectivity index (χ0) is 10.8. The van der Waals surface area contributed by atoms with Crippen LogP contribution in [0.4, 0.5) is 5.82 Å². The zero-order valence-electron chi connectivity index (χ0n) is 9.11. The van der Waals surface area contributed by atoms with Crippen LogP contribution in [0.3, 0.4) is 0 Å². The molecule has 0 aliphatic rings. The molecule has 0 spiro atoms. The molecule has 14 heavy (non-hydrogen) atoms. The van der Waals surface area contributed by atoms with E-state index >= 15 is 0 Å². The molecule has 76 valence electrons. The third-order valence-electron chi connectivity index (χ3n) is 2.26. The summed E-state index contributed by atoms with van der Waals surface area (Å²) in [6.07, 6.45) is 2.39. The molecule has 1 rings (SSSR count). The van der Waals surface area contributed by atoms with Gasteiger partial charge in [-0.05, 0) is 32.9 Å². The van der Waals surface area contributed by atoms with E-state index in [4.69, 9.17) is 0 Å². The minimum absolute atomic E-state index is 0.0374. The van der Waals surface area contributed by atoms with Crippen LogP contribution in [0.2, 0.25) is 0 Å². The minimum Gasteiger partial charge on any atom is -0.355 e. The third-order valence-corrected chi connectivity index (χ3v) is 2.26. The SMILES string of the molecule is CN(c1ccc(C=O)cn1)C(C)(C)C. The molecule has 0 unspecified atom stereocenters. The number of hydrogen-bond donors (Lipinski definition) is 0. The van der Waals surface area contributed by atoms with E-state index in [1.807, 2.05) is 13.1 Å². The summed E-state index contributed by atoms with van der Waals surface area (Å²) in [6.45, 7) is 6.34. The predicted molar refractivity (Wildman–Crippen MR) is 57.8 cm³/mol. The van der Waals surface area contributed by atoms with E-state index in [-0.39, 0.29) is 5.54 Å². The largest absolute Gasteiger partial charge is 0.355 e. The third kappa shape index (κ3) is 2.31. The normalized spacial score (nSPS) is 11.1. The maximum Gasteiger partial charge on any atom is 0.151 e. The Morgan fingerprint density at radius 1 is 1.36 bits per heavy atom. The molecule has 3 heteroatoms. The molecule has 0 fully saturated rings. The van der Waals surface area contributed by atoms with Gasteiger partial charge in [0.15, 0.2) is 6.29 Å². The van der Waals surface area contributed by atoms with Gasteiger partial charge in [0, 0.05) is 24.3 Å². The molecule has 0 atom stereocenters. The van der Waals surface area contributed by atoms with E-state index in [9.17, 15) is 4.79 Å². The van der Waals surface area contributed by atoms with Crippen molar-refractivity contribution in [1.29, 1.82) is 0 Å². The second-order valence-electron chi connectivity index (χ2n) is 4.30. The first-order valence-electron chi connectivity index (χ1n) is 4.60. The summed E-state index contributed by atoms with van der Waals surface area (Å²) >= 11 is 0. The van der Waals surface area contributed by atoms with Gasteiger partial charge in [0.25, 0.3) is 0 Å². The smallest absolute Gasteiger partial charge is 0.151 e. The lowest BCUT2D eigenvalue weighted by Crippen LogP contribution is -2.38. The second-order valence-corrected chi connectivity index (χ2v) is 4.30.